The maximum atomic E-state index is 14.1. The molecule has 2 fully saturated rings. The van der Waals surface area contributed by atoms with Crippen LogP contribution in [0.3, 0.4) is 0 Å². The van der Waals surface area contributed by atoms with Crippen LogP contribution in [0, 0.1) is 10.8 Å². The third kappa shape index (κ3) is 8.44. The molecule has 4 atom stereocenters. The number of nitrogens with one attached hydrogen (secondary N) is 3. The van der Waals surface area contributed by atoms with E-state index < -0.39 is 37.8 Å². The molecule has 4 aliphatic rings. The molecule has 294 valence electrons. The van der Waals surface area contributed by atoms with Crippen molar-refractivity contribution >= 4 is 28.8 Å². The van der Waals surface area contributed by atoms with Gasteiger partial charge >= 0.3 is 6.09 Å². The number of fused-ring (bicyclic) bond motifs is 2. The summed E-state index contributed by atoms with van der Waals surface area (Å²) in [6, 6.07) is 7.65. The molecule has 4 heterocycles. The number of likely N-dealkylation sites (tertiary alicyclic amines) is 1. The van der Waals surface area contributed by atoms with E-state index in [1.807, 2.05) is 66.7 Å². The Morgan fingerprint density at radius 2 is 1.30 bits per heavy atom. The van der Waals surface area contributed by atoms with Gasteiger partial charge in [0.15, 0.2) is 0 Å². The van der Waals surface area contributed by atoms with Crippen molar-refractivity contribution in [2.24, 2.45) is 10.8 Å². The van der Waals surface area contributed by atoms with Gasteiger partial charge in [0.25, 0.3) is 0 Å². The number of amides is 1. The zero-order valence-corrected chi connectivity index (χ0v) is 34.7. The third-order valence-corrected chi connectivity index (χ3v) is 15.3. The second-order valence-corrected chi connectivity index (χ2v) is 21.6. The molecule has 2 aromatic rings. The highest BCUT2D eigenvalue weighted by Crippen LogP contribution is 2.53. The van der Waals surface area contributed by atoms with Gasteiger partial charge in [-0.25, -0.2) is 14.8 Å². The largest absolute Gasteiger partial charge is 0.598 e. The second kappa shape index (κ2) is 15.3. The van der Waals surface area contributed by atoms with Gasteiger partial charge in [-0.1, -0.05) is 12.1 Å². The highest BCUT2D eigenvalue weighted by Gasteiger charge is 2.53. The molecule has 0 radical (unpaired) electrons. The zero-order valence-electron chi connectivity index (χ0n) is 33.1. The number of rotatable bonds is 11. The lowest BCUT2D eigenvalue weighted by molar-refractivity contribution is -0.00755. The van der Waals surface area contributed by atoms with Crippen molar-refractivity contribution in [2.45, 2.75) is 127 Å². The molecule has 6 rings (SSSR count). The van der Waals surface area contributed by atoms with Crippen LogP contribution in [-0.4, -0.2) is 85.6 Å². The zero-order chi connectivity index (χ0) is 38.4. The summed E-state index contributed by atoms with van der Waals surface area (Å²) in [7, 11) is 3.25. The molecule has 0 bridgehead atoms. The number of carbonyl (C=O) groups excluding carboxylic acids is 1. The van der Waals surface area contributed by atoms with Crippen LogP contribution in [0.15, 0.2) is 24.3 Å². The molecule has 1 amide bonds. The minimum Gasteiger partial charge on any atom is -0.598 e. The van der Waals surface area contributed by atoms with Gasteiger partial charge in [0, 0.05) is 65.2 Å². The van der Waals surface area contributed by atoms with Crippen molar-refractivity contribution in [2.75, 3.05) is 40.4 Å². The molecule has 0 aromatic carbocycles. The van der Waals surface area contributed by atoms with Gasteiger partial charge in [0.05, 0.1) is 37.7 Å². The molecular weight excluding hydrogens is 713 g/mol. The Morgan fingerprint density at radius 3 is 1.79 bits per heavy atom. The molecule has 2 aliphatic heterocycles. The van der Waals surface area contributed by atoms with Gasteiger partial charge in [0.1, 0.15) is 15.1 Å². The van der Waals surface area contributed by atoms with E-state index in [1.54, 1.807) is 19.1 Å². The van der Waals surface area contributed by atoms with Crippen LogP contribution >= 0.6 is 0 Å². The standard InChI is InChI=1S/C39H60N6O6S2/c1-35(2,3)52(47)43-33-27-11-13-31(50-9)42-29(27)25-39(33)18-22-45(23-19-39)34(46)51-36(4,5)14-15-37(6,7)53(48)44-32-26-10-12-30(49-8)41-28(26)24-38(32)16-20-40-21-17-38/h10-13,32-33,40,43-44H,14-25H2,1-9H3/t32-,33-,52-,53-/m1/s1. The van der Waals surface area contributed by atoms with E-state index >= 15 is 0 Å². The van der Waals surface area contributed by atoms with Gasteiger partial charge in [-0.2, -0.15) is 0 Å². The summed E-state index contributed by atoms with van der Waals surface area (Å²) in [6.07, 6.45) is 5.78. The molecule has 2 spiro atoms. The maximum absolute atomic E-state index is 14.1. The fraction of sp³-hybridized carbons (Fsp3) is 0.718. The monoisotopic (exact) mass is 772 g/mol. The summed E-state index contributed by atoms with van der Waals surface area (Å²) >= 11 is -2.65. The minimum atomic E-state index is -1.37. The molecular formula is C39H60N6O6S2. The van der Waals surface area contributed by atoms with Crippen molar-refractivity contribution in [3.05, 3.63) is 46.8 Å². The number of carbonyl (C=O) groups is 1. The maximum Gasteiger partial charge on any atom is 0.410 e. The van der Waals surface area contributed by atoms with Gasteiger partial charge < -0.3 is 33.5 Å². The first-order chi connectivity index (χ1) is 24.9. The number of pyridine rings is 2. The van der Waals surface area contributed by atoms with Crippen LogP contribution < -0.4 is 24.2 Å². The molecule has 12 nitrogen and oxygen atoms in total. The molecule has 0 saturated carbocycles. The van der Waals surface area contributed by atoms with E-state index in [4.69, 9.17) is 24.2 Å². The van der Waals surface area contributed by atoms with Crippen LogP contribution in [0.25, 0.3) is 0 Å². The second-order valence-electron chi connectivity index (χ2n) is 17.7. The summed E-state index contributed by atoms with van der Waals surface area (Å²) in [5, 5.41) is 3.48. The van der Waals surface area contributed by atoms with Crippen molar-refractivity contribution in [1.29, 1.82) is 0 Å². The lowest BCUT2D eigenvalue weighted by atomic mass is 9.73. The SMILES string of the molecule is COc1ccc2c(n1)CC1(CCN(C(=O)OC(C)(C)CCC(C)(C)[S@@+]([O-])N[C@@H]3c4ccc(OC)nc4CC34CCNCC4)CC1)[C@@H]2N[S@+]([O-])C(C)(C)C. The van der Waals surface area contributed by atoms with Crippen LogP contribution in [0.4, 0.5) is 4.79 Å². The lowest BCUT2D eigenvalue weighted by Gasteiger charge is -2.44. The Kier molecular flexibility index (Phi) is 11.7. The number of hydrogen-bond donors (Lipinski definition) is 3. The van der Waals surface area contributed by atoms with E-state index in [2.05, 4.69) is 20.8 Å². The Bertz CT molecular complexity index is 1620. The molecule has 2 saturated heterocycles. The van der Waals surface area contributed by atoms with Crippen LogP contribution in [0.5, 0.6) is 11.8 Å². The Hall–Kier alpha value is -2.33. The topological polar surface area (TPSA) is 156 Å². The predicted molar refractivity (Wildman–Crippen MR) is 208 cm³/mol. The molecule has 53 heavy (non-hydrogen) atoms. The first kappa shape index (κ1) is 40.3. The number of aromatic nitrogens is 2. The predicted octanol–water partition coefficient (Wildman–Crippen LogP) is 5.62. The average Bonchev–Trinajstić information content (AvgIpc) is 3.56. The minimum absolute atomic E-state index is 0.0507. The van der Waals surface area contributed by atoms with Crippen molar-refractivity contribution in [1.82, 2.24) is 29.6 Å². The Labute approximate surface area is 322 Å². The lowest BCUT2D eigenvalue weighted by Crippen LogP contribution is -2.51. The van der Waals surface area contributed by atoms with Gasteiger partial charge in [-0.3, -0.25) is 0 Å². The summed E-state index contributed by atoms with van der Waals surface area (Å²) in [5.74, 6) is 1.17. The summed E-state index contributed by atoms with van der Waals surface area (Å²) in [4.78, 5) is 25.0. The number of piperidine rings is 2. The summed E-state index contributed by atoms with van der Waals surface area (Å²) < 4.78 is 50.5. The first-order valence-electron chi connectivity index (χ1n) is 19.0. The fourth-order valence-corrected chi connectivity index (χ4v) is 10.7. The smallest absolute Gasteiger partial charge is 0.410 e. The third-order valence-electron chi connectivity index (χ3n) is 12.1. The van der Waals surface area contributed by atoms with Gasteiger partial charge in [0.2, 0.25) is 11.8 Å². The summed E-state index contributed by atoms with van der Waals surface area (Å²) in [5.41, 5.74) is 3.10. The number of methoxy groups -OCH3 is 2. The highest BCUT2D eigenvalue weighted by atomic mass is 32.2. The van der Waals surface area contributed by atoms with E-state index in [-0.39, 0.29) is 29.0 Å². The average molecular weight is 773 g/mol. The molecule has 3 N–H and O–H groups in total. The molecule has 2 aliphatic carbocycles. The van der Waals surface area contributed by atoms with Gasteiger partial charge in [-0.05, 0) is 118 Å². The van der Waals surface area contributed by atoms with E-state index in [9.17, 15) is 13.9 Å². The Morgan fingerprint density at radius 1 is 0.811 bits per heavy atom. The van der Waals surface area contributed by atoms with Crippen LogP contribution in [0.2, 0.25) is 0 Å². The van der Waals surface area contributed by atoms with E-state index in [0.717, 1.165) is 74.1 Å². The summed E-state index contributed by atoms with van der Waals surface area (Å²) in [6.45, 7) is 16.7. The number of nitrogens with zero attached hydrogens (tertiary/aromatic N) is 3. The first-order valence-corrected chi connectivity index (χ1v) is 21.3. The molecule has 14 heteroatoms. The van der Waals surface area contributed by atoms with E-state index in [1.165, 1.54) is 0 Å². The fourth-order valence-electron chi connectivity index (χ4n) is 8.52. The van der Waals surface area contributed by atoms with Crippen LogP contribution in [-0.2, 0) is 40.3 Å². The van der Waals surface area contributed by atoms with Crippen molar-refractivity contribution in [3.63, 3.8) is 0 Å². The quantitative estimate of drug-likeness (QED) is 0.244. The van der Waals surface area contributed by atoms with Crippen LogP contribution in [0.1, 0.15) is 122 Å². The number of hydrogen-bond acceptors (Lipinski definition) is 11. The molecule has 2 aromatic heterocycles. The van der Waals surface area contributed by atoms with E-state index in [0.29, 0.717) is 37.7 Å². The van der Waals surface area contributed by atoms with Crippen molar-refractivity contribution in [3.8, 4) is 11.8 Å². The van der Waals surface area contributed by atoms with Crippen molar-refractivity contribution < 1.29 is 28.1 Å². The normalized spacial score (nSPS) is 23.4. The molecule has 0 unspecified atom stereocenters. The number of ether oxygens (including phenoxy) is 3. The highest BCUT2D eigenvalue weighted by molar-refractivity contribution is 7.91. The Balaban J connectivity index is 1.06. The van der Waals surface area contributed by atoms with Gasteiger partial charge in [-0.15, -0.1) is 9.44 Å².